The summed E-state index contributed by atoms with van der Waals surface area (Å²) in [5.41, 5.74) is 3.31. The van der Waals surface area contributed by atoms with Crippen LogP contribution in [0, 0.1) is 6.92 Å². The number of anilines is 2. The molecule has 3 aliphatic heterocycles. The summed E-state index contributed by atoms with van der Waals surface area (Å²) in [6.07, 6.45) is 1.83. The number of thioether (sulfide) groups is 2. The Bertz CT molecular complexity index is 1480. The highest BCUT2D eigenvalue weighted by atomic mass is 32.2. The minimum Gasteiger partial charge on any atom is -0.461 e. The van der Waals surface area contributed by atoms with Gasteiger partial charge in [-0.15, -0.1) is 0 Å². The number of hydrazone groups is 1. The molecule has 0 N–H and O–H groups in total. The van der Waals surface area contributed by atoms with Crippen LogP contribution >= 0.6 is 23.5 Å². The van der Waals surface area contributed by atoms with Crippen LogP contribution in [0.3, 0.4) is 0 Å². The molecule has 0 bridgehead atoms. The molecule has 1 unspecified atom stereocenters. The maximum absolute atomic E-state index is 14.1. The van der Waals surface area contributed by atoms with Crippen LogP contribution in [0.4, 0.5) is 11.4 Å². The SMILES string of the molecule is CCOC(=O)C1=NN(c2ccc(C)cc2)C2(SC(=Cc3ccc4c(c3)OCO4)C(=O)N2c2ccccc2)S1. The van der Waals surface area contributed by atoms with Crippen molar-refractivity contribution in [2.24, 2.45) is 5.10 Å². The maximum Gasteiger partial charge on any atom is 0.365 e. The van der Waals surface area contributed by atoms with Gasteiger partial charge < -0.3 is 14.2 Å². The third kappa shape index (κ3) is 4.19. The van der Waals surface area contributed by atoms with Crippen LogP contribution in [0.25, 0.3) is 6.08 Å². The number of amides is 1. The lowest BCUT2D eigenvalue weighted by atomic mass is 10.2. The van der Waals surface area contributed by atoms with Gasteiger partial charge in [0.1, 0.15) is 0 Å². The first-order chi connectivity index (χ1) is 18.5. The fourth-order valence-electron chi connectivity index (χ4n) is 4.30. The Morgan fingerprint density at radius 3 is 2.55 bits per heavy atom. The number of aryl methyl sites for hydroxylation is 1. The topological polar surface area (TPSA) is 80.7 Å². The molecule has 1 atom stereocenters. The molecule has 1 fully saturated rings. The van der Waals surface area contributed by atoms with Crippen LogP contribution in [-0.4, -0.2) is 34.6 Å². The molecule has 38 heavy (non-hydrogen) atoms. The predicted molar refractivity (Wildman–Crippen MR) is 150 cm³/mol. The molecule has 3 heterocycles. The zero-order chi connectivity index (χ0) is 26.3. The molecular formula is C28H23N3O5S2. The van der Waals surface area contributed by atoms with Crippen LogP contribution in [0.1, 0.15) is 18.1 Å². The first kappa shape index (κ1) is 24.4. The van der Waals surface area contributed by atoms with Gasteiger partial charge in [0, 0.05) is 5.69 Å². The summed E-state index contributed by atoms with van der Waals surface area (Å²) in [7, 11) is 0. The Balaban J connectivity index is 1.49. The molecule has 0 aromatic heterocycles. The Morgan fingerprint density at radius 1 is 1.03 bits per heavy atom. The monoisotopic (exact) mass is 545 g/mol. The Labute approximate surface area is 228 Å². The average molecular weight is 546 g/mol. The number of fused-ring (bicyclic) bond motifs is 1. The van der Waals surface area contributed by atoms with Gasteiger partial charge in [-0.25, -0.2) is 9.80 Å². The van der Waals surface area contributed by atoms with Crippen molar-refractivity contribution in [3.8, 4) is 11.5 Å². The van der Waals surface area contributed by atoms with E-state index in [-0.39, 0.29) is 24.4 Å². The Morgan fingerprint density at radius 2 is 1.79 bits per heavy atom. The van der Waals surface area contributed by atoms with Crippen LogP contribution < -0.4 is 19.4 Å². The summed E-state index contributed by atoms with van der Waals surface area (Å²) in [5, 5.41) is 6.61. The quantitative estimate of drug-likeness (QED) is 0.303. The number of nitrogens with zero attached hydrogens (tertiary/aromatic N) is 3. The third-order valence-corrected chi connectivity index (χ3v) is 8.76. The number of benzene rings is 3. The third-order valence-electron chi connectivity index (χ3n) is 6.06. The van der Waals surface area contributed by atoms with Gasteiger partial charge in [0.25, 0.3) is 5.91 Å². The molecule has 0 radical (unpaired) electrons. The van der Waals surface area contributed by atoms with Crippen molar-refractivity contribution in [2.45, 2.75) is 18.2 Å². The van der Waals surface area contributed by atoms with Crippen molar-refractivity contribution in [3.05, 3.63) is 88.8 Å². The highest BCUT2D eigenvalue weighted by molar-refractivity contribution is 8.29. The highest BCUT2D eigenvalue weighted by Gasteiger charge is 2.60. The van der Waals surface area contributed by atoms with Gasteiger partial charge in [-0.05, 0) is 73.6 Å². The second kappa shape index (κ2) is 9.77. The van der Waals surface area contributed by atoms with E-state index in [1.807, 2.05) is 85.8 Å². The zero-order valence-corrected chi connectivity index (χ0v) is 22.3. The van der Waals surface area contributed by atoms with Gasteiger partial charge >= 0.3 is 5.97 Å². The van der Waals surface area contributed by atoms with Crippen molar-refractivity contribution in [2.75, 3.05) is 23.3 Å². The molecule has 3 aromatic rings. The lowest BCUT2D eigenvalue weighted by molar-refractivity contribution is -0.134. The second-order valence-electron chi connectivity index (χ2n) is 8.62. The molecule has 192 valence electrons. The maximum atomic E-state index is 14.1. The molecule has 1 saturated heterocycles. The standard InChI is InChI=1S/C28H23N3O5S2/c1-3-34-27(33)25-29-31(21-12-9-18(2)10-13-21)28(38-25)30(20-7-5-4-6-8-20)26(32)24(37-28)16-19-11-14-22-23(15-19)36-17-35-22/h4-16H,3,17H2,1-2H3. The van der Waals surface area contributed by atoms with Crippen LogP contribution in [-0.2, 0) is 14.3 Å². The normalized spacial score (nSPS) is 20.9. The molecule has 6 rings (SSSR count). The lowest BCUT2D eigenvalue weighted by Gasteiger charge is -2.38. The number of para-hydroxylation sites is 1. The smallest absolute Gasteiger partial charge is 0.365 e. The first-order valence-corrected chi connectivity index (χ1v) is 13.6. The van der Waals surface area contributed by atoms with E-state index in [0.717, 1.165) is 16.8 Å². The van der Waals surface area contributed by atoms with E-state index in [1.165, 1.54) is 23.5 Å². The van der Waals surface area contributed by atoms with Gasteiger partial charge in [-0.2, -0.15) is 5.10 Å². The summed E-state index contributed by atoms with van der Waals surface area (Å²) < 4.78 is 15.1. The van der Waals surface area contributed by atoms with E-state index in [0.29, 0.717) is 22.1 Å². The van der Waals surface area contributed by atoms with Crippen molar-refractivity contribution in [1.29, 1.82) is 0 Å². The highest BCUT2D eigenvalue weighted by Crippen LogP contribution is 2.59. The van der Waals surface area contributed by atoms with Crippen molar-refractivity contribution in [1.82, 2.24) is 0 Å². The van der Waals surface area contributed by atoms with E-state index in [2.05, 4.69) is 0 Å². The molecule has 8 nitrogen and oxygen atoms in total. The Hall–Kier alpha value is -3.89. The van der Waals surface area contributed by atoms with Crippen LogP contribution in [0.15, 0.2) is 82.8 Å². The molecule has 3 aromatic carbocycles. The fourth-order valence-corrected chi connectivity index (χ4v) is 7.18. The number of esters is 1. The fraction of sp³-hybridized carbons (Fsp3) is 0.179. The molecule has 1 spiro atoms. The molecule has 1 amide bonds. The number of ether oxygens (including phenoxy) is 3. The second-order valence-corrected chi connectivity index (χ2v) is 11.3. The van der Waals surface area contributed by atoms with E-state index in [4.69, 9.17) is 19.3 Å². The van der Waals surface area contributed by atoms with Gasteiger partial charge in [-0.1, -0.05) is 53.7 Å². The predicted octanol–water partition coefficient (Wildman–Crippen LogP) is 5.59. The molecule has 10 heteroatoms. The van der Waals surface area contributed by atoms with Gasteiger partial charge in [0.2, 0.25) is 16.2 Å². The molecule has 0 aliphatic carbocycles. The number of hydrogen-bond acceptors (Lipinski definition) is 9. The molecule has 3 aliphatic rings. The van der Waals surface area contributed by atoms with Gasteiger partial charge in [0.15, 0.2) is 11.5 Å². The van der Waals surface area contributed by atoms with E-state index < -0.39 is 10.3 Å². The van der Waals surface area contributed by atoms with Gasteiger partial charge in [-0.3, -0.25) is 9.69 Å². The van der Waals surface area contributed by atoms with E-state index >= 15 is 0 Å². The molecule has 0 saturated carbocycles. The number of carbonyl (C=O) groups excluding carboxylic acids is 2. The average Bonchev–Trinajstić information content (AvgIpc) is 3.61. The van der Waals surface area contributed by atoms with Crippen molar-refractivity contribution < 1.29 is 23.8 Å². The summed E-state index contributed by atoms with van der Waals surface area (Å²) in [4.78, 5) is 29.2. The van der Waals surface area contributed by atoms with Crippen molar-refractivity contribution >= 4 is 57.9 Å². The Kier molecular flexibility index (Phi) is 6.29. The number of carbonyl (C=O) groups is 2. The number of rotatable bonds is 5. The summed E-state index contributed by atoms with van der Waals surface area (Å²) in [6.45, 7) is 4.15. The van der Waals surface area contributed by atoms with Crippen LogP contribution in [0.2, 0.25) is 0 Å². The van der Waals surface area contributed by atoms with E-state index in [1.54, 1.807) is 16.8 Å². The summed E-state index contributed by atoms with van der Waals surface area (Å²) >= 11 is 2.54. The largest absolute Gasteiger partial charge is 0.461 e. The minimum absolute atomic E-state index is 0.171. The summed E-state index contributed by atoms with van der Waals surface area (Å²) in [6, 6.07) is 22.8. The van der Waals surface area contributed by atoms with Crippen LogP contribution in [0.5, 0.6) is 11.5 Å². The number of hydrogen-bond donors (Lipinski definition) is 0. The summed E-state index contributed by atoms with van der Waals surface area (Å²) in [5.74, 6) is 0.572. The van der Waals surface area contributed by atoms with Gasteiger partial charge in [0.05, 0.1) is 17.2 Å². The molecular weight excluding hydrogens is 522 g/mol. The first-order valence-electron chi connectivity index (χ1n) is 12.0. The van der Waals surface area contributed by atoms with E-state index in [9.17, 15) is 9.59 Å². The zero-order valence-electron chi connectivity index (χ0n) is 20.6. The van der Waals surface area contributed by atoms with Crippen molar-refractivity contribution in [3.63, 3.8) is 0 Å². The minimum atomic E-state index is -1.13. The lowest BCUT2D eigenvalue weighted by Crippen LogP contribution is -2.51.